The fourth-order valence-corrected chi connectivity index (χ4v) is 1.79. The van der Waals surface area contributed by atoms with Gasteiger partial charge in [0.1, 0.15) is 6.07 Å². The van der Waals surface area contributed by atoms with Crippen LogP contribution in [-0.2, 0) is 0 Å². The highest BCUT2D eigenvalue weighted by atomic mass is 79.9. The number of hydrogen-bond donors (Lipinski definition) is 1. The molecule has 18 heavy (non-hydrogen) atoms. The van der Waals surface area contributed by atoms with Crippen LogP contribution in [0.25, 0.3) is 0 Å². The summed E-state index contributed by atoms with van der Waals surface area (Å²) in [5.74, 6) is 0.440. The average molecular weight is 324 g/mol. The molecule has 0 aliphatic carbocycles. The molecule has 0 unspecified atom stereocenters. The zero-order valence-electron chi connectivity index (χ0n) is 9.41. The minimum absolute atomic E-state index is 0.181. The lowest BCUT2D eigenvalue weighted by Gasteiger charge is -2.08. The molecule has 1 heterocycles. The molecule has 1 aromatic heterocycles. The highest BCUT2D eigenvalue weighted by Crippen LogP contribution is 2.23. The average Bonchev–Trinajstić information content (AvgIpc) is 2.36. The van der Waals surface area contributed by atoms with Crippen LogP contribution < -0.4 is 5.32 Å². The van der Waals surface area contributed by atoms with E-state index in [9.17, 15) is 0 Å². The third kappa shape index (κ3) is 2.78. The van der Waals surface area contributed by atoms with Crippen molar-refractivity contribution >= 4 is 39.0 Å². The third-order valence-corrected chi connectivity index (χ3v) is 3.03. The quantitative estimate of drug-likeness (QED) is 0.912. The van der Waals surface area contributed by atoms with Crippen molar-refractivity contribution in [3.63, 3.8) is 0 Å². The molecule has 1 N–H and O–H groups in total. The molecule has 2 aromatic rings. The van der Waals surface area contributed by atoms with Crippen molar-refractivity contribution in [3.8, 4) is 6.07 Å². The number of aromatic nitrogens is 2. The predicted octanol–water partition coefficient (Wildman–Crippen LogP) is 3.82. The maximum atomic E-state index is 8.82. The Bertz CT molecular complexity index is 619. The number of nitrogens with zero attached hydrogens (tertiary/aromatic N) is 3. The Morgan fingerprint density at radius 2 is 1.94 bits per heavy atom. The van der Waals surface area contributed by atoms with Crippen LogP contribution in [0.4, 0.5) is 11.5 Å². The summed E-state index contributed by atoms with van der Waals surface area (Å²) >= 11 is 9.32. The normalized spacial score (nSPS) is 9.89. The molecule has 4 nitrogen and oxygen atoms in total. The molecule has 0 aliphatic rings. The lowest BCUT2D eigenvalue weighted by atomic mass is 10.3. The van der Waals surface area contributed by atoms with Gasteiger partial charge >= 0.3 is 0 Å². The molecule has 1 aromatic carbocycles. The molecule has 0 saturated heterocycles. The van der Waals surface area contributed by atoms with E-state index in [4.69, 9.17) is 16.9 Å². The van der Waals surface area contributed by atoms with Gasteiger partial charge in [-0.05, 0) is 31.2 Å². The monoisotopic (exact) mass is 322 g/mol. The van der Waals surface area contributed by atoms with Crippen molar-refractivity contribution in [1.82, 2.24) is 9.97 Å². The van der Waals surface area contributed by atoms with Gasteiger partial charge < -0.3 is 5.32 Å². The van der Waals surface area contributed by atoms with Crippen molar-refractivity contribution < 1.29 is 0 Å². The van der Waals surface area contributed by atoms with Gasteiger partial charge in [0.15, 0.2) is 16.7 Å². The fraction of sp³-hybridized carbons (Fsp3) is 0.0833. The van der Waals surface area contributed by atoms with E-state index in [1.54, 1.807) is 6.92 Å². The third-order valence-electron chi connectivity index (χ3n) is 2.24. The van der Waals surface area contributed by atoms with E-state index in [0.717, 1.165) is 10.2 Å². The van der Waals surface area contributed by atoms with Gasteiger partial charge in [-0.3, -0.25) is 0 Å². The Morgan fingerprint density at radius 3 is 2.56 bits per heavy atom. The second-order valence-corrected chi connectivity index (χ2v) is 4.81. The number of rotatable bonds is 2. The molecule has 6 heteroatoms. The summed E-state index contributed by atoms with van der Waals surface area (Å²) < 4.78 is 0.987. The molecule has 0 radical (unpaired) electrons. The summed E-state index contributed by atoms with van der Waals surface area (Å²) in [5, 5.41) is 12.1. The van der Waals surface area contributed by atoms with E-state index < -0.39 is 0 Å². The molecule has 90 valence electrons. The maximum Gasteiger partial charge on any atom is 0.173 e. The highest BCUT2D eigenvalue weighted by molar-refractivity contribution is 9.10. The Balaban J connectivity index is 2.32. The predicted molar refractivity (Wildman–Crippen MR) is 73.9 cm³/mol. The molecular formula is C12H8BrClN4. The second-order valence-electron chi connectivity index (χ2n) is 3.54. The lowest BCUT2D eigenvalue weighted by molar-refractivity contribution is 1.09. The molecule has 0 amide bonds. The van der Waals surface area contributed by atoms with E-state index >= 15 is 0 Å². The Labute approximate surface area is 118 Å². The van der Waals surface area contributed by atoms with Gasteiger partial charge in [0.05, 0.1) is 5.69 Å². The van der Waals surface area contributed by atoms with Crippen LogP contribution in [0.2, 0.25) is 5.15 Å². The molecule has 0 fully saturated rings. The molecule has 0 saturated carbocycles. The summed E-state index contributed by atoms with van der Waals surface area (Å²) in [6.07, 6.45) is 0. The van der Waals surface area contributed by atoms with Gasteiger partial charge in [-0.25, -0.2) is 9.97 Å². The van der Waals surface area contributed by atoms with Crippen LogP contribution in [0.5, 0.6) is 0 Å². The van der Waals surface area contributed by atoms with Gasteiger partial charge in [-0.2, -0.15) is 5.26 Å². The first-order chi connectivity index (χ1) is 8.60. The Morgan fingerprint density at radius 1 is 1.28 bits per heavy atom. The second kappa shape index (κ2) is 5.34. The van der Waals surface area contributed by atoms with Crippen LogP contribution in [0, 0.1) is 18.3 Å². The topological polar surface area (TPSA) is 61.6 Å². The van der Waals surface area contributed by atoms with E-state index in [-0.39, 0.29) is 10.8 Å². The van der Waals surface area contributed by atoms with Crippen molar-refractivity contribution in [2.24, 2.45) is 0 Å². The van der Waals surface area contributed by atoms with Crippen molar-refractivity contribution in [1.29, 1.82) is 5.26 Å². The Hall–Kier alpha value is -1.64. The van der Waals surface area contributed by atoms with Crippen molar-refractivity contribution in [3.05, 3.63) is 45.3 Å². The number of hydrogen-bond acceptors (Lipinski definition) is 4. The van der Waals surface area contributed by atoms with Crippen LogP contribution in [0.15, 0.2) is 28.7 Å². The van der Waals surface area contributed by atoms with Crippen molar-refractivity contribution in [2.45, 2.75) is 6.92 Å². The largest absolute Gasteiger partial charge is 0.338 e. The number of aryl methyl sites for hydroxylation is 1. The molecular weight excluding hydrogens is 316 g/mol. The summed E-state index contributed by atoms with van der Waals surface area (Å²) in [6, 6.07) is 9.52. The number of anilines is 2. The zero-order valence-corrected chi connectivity index (χ0v) is 11.7. The number of benzene rings is 1. The molecule has 2 rings (SSSR count). The smallest absolute Gasteiger partial charge is 0.173 e. The summed E-state index contributed by atoms with van der Waals surface area (Å²) in [6.45, 7) is 1.72. The molecule has 0 bridgehead atoms. The lowest BCUT2D eigenvalue weighted by Crippen LogP contribution is -2.01. The summed E-state index contributed by atoms with van der Waals surface area (Å²) in [4.78, 5) is 8.20. The van der Waals surface area contributed by atoms with E-state index in [2.05, 4.69) is 31.2 Å². The number of halogens is 2. The summed E-state index contributed by atoms with van der Waals surface area (Å²) in [5.41, 5.74) is 1.63. The molecule has 0 atom stereocenters. The molecule has 0 aliphatic heterocycles. The van der Waals surface area contributed by atoms with Crippen molar-refractivity contribution in [2.75, 3.05) is 5.32 Å². The van der Waals surface area contributed by atoms with Crippen LogP contribution in [-0.4, -0.2) is 9.97 Å². The molecule has 0 spiro atoms. The minimum Gasteiger partial charge on any atom is -0.338 e. The van der Waals surface area contributed by atoms with Crippen LogP contribution >= 0.6 is 27.5 Å². The van der Waals surface area contributed by atoms with Gasteiger partial charge in [0.25, 0.3) is 0 Å². The first-order valence-corrected chi connectivity index (χ1v) is 6.24. The van der Waals surface area contributed by atoms with Gasteiger partial charge in [-0.15, -0.1) is 0 Å². The van der Waals surface area contributed by atoms with E-state index in [0.29, 0.717) is 11.5 Å². The maximum absolute atomic E-state index is 8.82. The van der Waals surface area contributed by atoms with Crippen LogP contribution in [0.1, 0.15) is 11.4 Å². The Kier molecular flexibility index (Phi) is 3.80. The standard InChI is InChI=1S/C12H8BrClN4/c1-7-10(6-15)18-11(14)12(16-7)17-9-4-2-8(13)3-5-9/h2-5H,1H3,(H,16,17). The number of nitriles is 1. The first-order valence-electron chi connectivity index (χ1n) is 5.07. The van der Waals surface area contributed by atoms with Gasteiger partial charge in [-0.1, -0.05) is 27.5 Å². The van der Waals surface area contributed by atoms with Gasteiger partial charge in [0, 0.05) is 10.2 Å². The SMILES string of the molecule is Cc1nc(Nc2ccc(Br)cc2)c(Cl)nc1C#N. The van der Waals surface area contributed by atoms with E-state index in [1.165, 1.54) is 0 Å². The fourth-order valence-electron chi connectivity index (χ4n) is 1.35. The zero-order chi connectivity index (χ0) is 13.1. The number of nitrogens with one attached hydrogen (secondary N) is 1. The minimum atomic E-state index is 0.181. The van der Waals surface area contributed by atoms with Gasteiger partial charge in [0.2, 0.25) is 0 Å². The van der Waals surface area contributed by atoms with E-state index in [1.807, 2.05) is 30.3 Å². The first kappa shape index (κ1) is 12.8. The highest BCUT2D eigenvalue weighted by Gasteiger charge is 2.09. The van der Waals surface area contributed by atoms with Crippen LogP contribution in [0.3, 0.4) is 0 Å². The summed E-state index contributed by atoms with van der Waals surface area (Å²) in [7, 11) is 0.